The summed E-state index contributed by atoms with van der Waals surface area (Å²) in [5.41, 5.74) is 9.21. The van der Waals surface area contributed by atoms with Crippen LogP contribution in [0.2, 0.25) is 0 Å². The van der Waals surface area contributed by atoms with Gasteiger partial charge in [-0.05, 0) is 44.2 Å². The van der Waals surface area contributed by atoms with Crippen molar-refractivity contribution in [3.8, 4) is 0 Å². The van der Waals surface area contributed by atoms with Crippen LogP contribution in [0.15, 0.2) is 33.7 Å². The second-order valence-electron chi connectivity index (χ2n) is 4.26. The number of nitrogens with zero attached hydrogens (tertiary/aromatic N) is 4. The second-order valence-corrected chi connectivity index (χ2v) is 5.27. The van der Waals surface area contributed by atoms with E-state index in [2.05, 4.69) is 20.1 Å². The molecule has 2 heterocycles. The number of nitrogens with two attached hydrogens (primary N) is 1. The molecule has 104 valence electrons. The Morgan fingerprint density at radius 1 is 1.25 bits per heavy atom. The third-order valence-corrected chi connectivity index (χ3v) is 3.89. The van der Waals surface area contributed by atoms with Crippen molar-refractivity contribution in [2.75, 3.05) is 0 Å². The van der Waals surface area contributed by atoms with Gasteiger partial charge in [0, 0.05) is 34.2 Å². The van der Waals surface area contributed by atoms with Crippen LogP contribution >= 0.6 is 11.8 Å². The lowest BCUT2D eigenvalue weighted by atomic mass is 10.2. The van der Waals surface area contributed by atoms with Crippen LogP contribution in [0.5, 0.6) is 0 Å². The van der Waals surface area contributed by atoms with Crippen molar-refractivity contribution in [1.82, 2.24) is 15.0 Å². The van der Waals surface area contributed by atoms with Crippen LogP contribution in [-0.4, -0.2) is 26.0 Å². The normalized spacial score (nSPS) is 11.7. The van der Waals surface area contributed by atoms with E-state index in [4.69, 9.17) is 10.9 Å². The standard InChI is InChI=1S/C13H15N5OS/c1-7-8(2)16-13(17-9(7)3)20-11-6-15-5-4-10(11)12(14)18-19/h4-6,19H,1-3H3,(H2,14,18). The summed E-state index contributed by atoms with van der Waals surface area (Å²) in [6, 6.07) is 1.69. The summed E-state index contributed by atoms with van der Waals surface area (Å²) in [4.78, 5) is 13.7. The monoisotopic (exact) mass is 289 g/mol. The highest BCUT2D eigenvalue weighted by atomic mass is 32.2. The second kappa shape index (κ2) is 5.87. The Hall–Kier alpha value is -2.15. The van der Waals surface area contributed by atoms with Crippen molar-refractivity contribution in [2.24, 2.45) is 10.9 Å². The number of pyridine rings is 1. The molecule has 0 amide bonds. The first kappa shape index (κ1) is 14.3. The quantitative estimate of drug-likeness (QED) is 0.295. The van der Waals surface area contributed by atoms with Gasteiger partial charge in [-0.1, -0.05) is 5.16 Å². The lowest BCUT2D eigenvalue weighted by molar-refractivity contribution is 0.318. The van der Waals surface area contributed by atoms with Crippen molar-refractivity contribution in [2.45, 2.75) is 30.8 Å². The molecule has 0 unspecified atom stereocenters. The predicted molar refractivity (Wildman–Crippen MR) is 77.1 cm³/mol. The van der Waals surface area contributed by atoms with Crippen molar-refractivity contribution in [3.05, 3.63) is 41.0 Å². The number of rotatable bonds is 3. The Morgan fingerprint density at radius 3 is 2.50 bits per heavy atom. The van der Waals surface area contributed by atoms with Gasteiger partial charge in [0.25, 0.3) is 0 Å². The van der Waals surface area contributed by atoms with E-state index in [9.17, 15) is 0 Å². The van der Waals surface area contributed by atoms with Crippen molar-refractivity contribution in [3.63, 3.8) is 0 Å². The van der Waals surface area contributed by atoms with Gasteiger partial charge in [0.1, 0.15) is 0 Å². The molecule has 7 heteroatoms. The lowest BCUT2D eigenvalue weighted by Crippen LogP contribution is -2.14. The maximum absolute atomic E-state index is 8.81. The Labute approximate surface area is 121 Å². The minimum Gasteiger partial charge on any atom is -0.409 e. The van der Waals surface area contributed by atoms with Crippen molar-refractivity contribution in [1.29, 1.82) is 0 Å². The fourth-order valence-electron chi connectivity index (χ4n) is 1.61. The Balaban J connectivity index is 2.41. The summed E-state index contributed by atoms with van der Waals surface area (Å²) in [5.74, 6) is 0.0375. The molecule has 0 saturated carbocycles. The van der Waals surface area contributed by atoms with E-state index in [0.717, 1.165) is 21.8 Å². The average molecular weight is 289 g/mol. The van der Waals surface area contributed by atoms with Crippen LogP contribution in [0.25, 0.3) is 0 Å². The van der Waals surface area contributed by atoms with Crippen molar-refractivity contribution >= 4 is 17.6 Å². The summed E-state index contributed by atoms with van der Waals surface area (Å²) in [6.45, 7) is 5.88. The molecule has 0 fully saturated rings. The van der Waals surface area contributed by atoms with E-state index < -0.39 is 0 Å². The average Bonchev–Trinajstić information content (AvgIpc) is 2.44. The Bertz CT molecular complexity index is 649. The van der Waals surface area contributed by atoms with Crippen LogP contribution in [0.4, 0.5) is 0 Å². The molecular weight excluding hydrogens is 274 g/mol. The smallest absolute Gasteiger partial charge is 0.192 e. The topological polar surface area (TPSA) is 97.3 Å². The molecule has 2 aromatic heterocycles. The fourth-order valence-corrected chi connectivity index (χ4v) is 2.57. The predicted octanol–water partition coefficient (Wildman–Crippen LogP) is 2.04. The zero-order valence-corrected chi connectivity index (χ0v) is 12.3. The van der Waals surface area contributed by atoms with E-state index in [0.29, 0.717) is 10.7 Å². The molecule has 3 N–H and O–H groups in total. The molecule has 0 saturated heterocycles. The van der Waals surface area contributed by atoms with Gasteiger partial charge in [-0.15, -0.1) is 0 Å². The van der Waals surface area contributed by atoms with Gasteiger partial charge in [-0.3, -0.25) is 4.98 Å². The summed E-state index contributed by atoms with van der Waals surface area (Å²) in [6.07, 6.45) is 3.23. The van der Waals surface area contributed by atoms with Gasteiger partial charge >= 0.3 is 0 Å². The van der Waals surface area contributed by atoms with Gasteiger partial charge in [-0.25, -0.2) is 9.97 Å². The first-order chi connectivity index (χ1) is 9.52. The van der Waals surface area contributed by atoms with Crippen molar-refractivity contribution < 1.29 is 5.21 Å². The largest absolute Gasteiger partial charge is 0.409 e. The molecule has 0 aliphatic rings. The fraction of sp³-hybridized carbons (Fsp3) is 0.231. The van der Waals surface area contributed by atoms with Crippen LogP contribution in [-0.2, 0) is 0 Å². The Morgan fingerprint density at radius 2 is 1.90 bits per heavy atom. The van der Waals surface area contributed by atoms with E-state index in [-0.39, 0.29) is 5.84 Å². The number of hydrogen-bond donors (Lipinski definition) is 2. The van der Waals surface area contributed by atoms with Gasteiger partial charge in [0.2, 0.25) is 0 Å². The SMILES string of the molecule is Cc1nc(Sc2cnccc2C(N)=NO)nc(C)c1C. The van der Waals surface area contributed by atoms with E-state index >= 15 is 0 Å². The zero-order valence-electron chi connectivity index (χ0n) is 11.5. The summed E-state index contributed by atoms with van der Waals surface area (Å²) < 4.78 is 0. The summed E-state index contributed by atoms with van der Waals surface area (Å²) in [7, 11) is 0. The summed E-state index contributed by atoms with van der Waals surface area (Å²) >= 11 is 1.34. The van der Waals surface area contributed by atoms with Crippen LogP contribution in [0, 0.1) is 20.8 Å². The molecule has 2 rings (SSSR count). The number of hydrogen-bond acceptors (Lipinski definition) is 6. The zero-order chi connectivity index (χ0) is 14.7. The first-order valence-corrected chi connectivity index (χ1v) is 6.76. The van der Waals surface area contributed by atoms with E-state index in [1.165, 1.54) is 11.8 Å². The maximum Gasteiger partial charge on any atom is 0.192 e. The molecule has 0 aliphatic carbocycles. The minimum absolute atomic E-state index is 0.0375. The number of oxime groups is 1. The highest BCUT2D eigenvalue weighted by Crippen LogP contribution is 2.28. The first-order valence-electron chi connectivity index (χ1n) is 5.94. The molecule has 6 nitrogen and oxygen atoms in total. The number of aryl methyl sites for hydroxylation is 2. The third kappa shape index (κ3) is 2.88. The van der Waals surface area contributed by atoms with Crippen LogP contribution in [0.3, 0.4) is 0 Å². The van der Waals surface area contributed by atoms with Crippen LogP contribution < -0.4 is 5.73 Å². The van der Waals surface area contributed by atoms with Gasteiger partial charge in [0.15, 0.2) is 11.0 Å². The molecule has 0 atom stereocenters. The molecule has 20 heavy (non-hydrogen) atoms. The highest BCUT2D eigenvalue weighted by molar-refractivity contribution is 7.99. The minimum atomic E-state index is 0.0375. The van der Waals surface area contributed by atoms with E-state index in [1.54, 1.807) is 18.5 Å². The third-order valence-electron chi connectivity index (χ3n) is 2.98. The molecule has 2 aromatic rings. The molecule has 0 spiro atoms. The molecule has 0 aromatic carbocycles. The van der Waals surface area contributed by atoms with Crippen LogP contribution in [0.1, 0.15) is 22.5 Å². The molecule has 0 bridgehead atoms. The lowest BCUT2D eigenvalue weighted by Gasteiger charge is -2.09. The van der Waals surface area contributed by atoms with E-state index in [1.807, 2.05) is 20.8 Å². The molecular formula is C13H15N5OS. The summed E-state index contributed by atoms with van der Waals surface area (Å²) in [5, 5.41) is 12.4. The van der Waals surface area contributed by atoms with Gasteiger partial charge in [0.05, 0.1) is 0 Å². The highest BCUT2D eigenvalue weighted by Gasteiger charge is 2.12. The molecule has 0 aliphatic heterocycles. The number of amidine groups is 1. The molecule has 0 radical (unpaired) electrons. The van der Waals surface area contributed by atoms with Gasteiger partial charge < -0.3 is 10.9 Å². The number of aromatic nitrogens is 3. The Kier molecular flexibility index (Phi) is 4.19. The maximum atomic E-state index is 8.81. The van der Waals surface area contributed by atoms with Gasteiger partial charge in [-0.2, -0.15) is 0 Å².